The van der Waals surface area contributed by atoms with Crippen LogP contribution in [0.5, 0.6) is 0 Å². The second-order valence-electron chi connectivity index (χ2n) is 6.08. The minimum absolute atomic E-state index is 0. The summed E-state index contributed by atoms with van der Waals surface area (Å²) >= 11 is 0. The van der Waals surface area contributed by atoms with Crippen LogP contribution in [-0.2, 0) is 10.2 Å². The molecule has 0 aliphatic carbocycles. The lowest BCUT2D eigenvalue weighted by molar-refractivity contribution is 0.210. The Hall–Kier alpha value is -0.730. The van der Waals surface area contributed by atoms with Gasteiger partial charge in [-0.15, -0.1) is 12.4 Å². The average Bonchev–Trinajstić information content (AvgIpc) is 2.56. The Balaban J connectivity index is 0.00000192. The lowest BCUT2D eigenvalue weighted by Gasteiger charge is -2.41. The fraction of sp³-hybridized carbons (Fsp3) is 0.667. The van der Waals surface area contributed by atoms with Crippen LogP contribution in [0, 0.1) is 0 Å². The SMILES string of the molecule is CC1CCCCN1S(=O)(=O)N1CCNCC1c1cccnc1.Cl. The van der Waals surface area contributed by atoms with Gasteiger partial charge in [-0.3, -0.25) is 4.98 Å². The van der Waals surface area contributed by atoms with Gasteiger partial charge in [0.2, 0.25) is 0 Å². The van der Waals surface area contributed by atoms with E-state index in [0.717, 1.165) is 24.8 Å². The normalized spacial score (nSPS) is 27.3. The molecule has 2 aliphatic rings. The number of piperazine rings is 1. The van der Waals surface area contributed by atoms with Gasteiger partial charge in [-0.25, -0.2) is 0 Å². The number of aromatic nitrogens is 1. The molecule has 3 heterocycles. The van der Waals surface area contributed by atoms with Gasteiger partial charge in [0.1, 0.15) is 0 Å². The maximum Gasteiger partial charge on any atom is 0.282 e. The van der Waals surface area contributed by atoms with Crippen molar-refractivity contribution in [2.75, 3.05) is 26.2 Å². The van der Waals surface area contributed by atoms with Crippen LogP contribution in [0.15, 0.2) is 24.5 Å². The van der Waals surface area contributed by atoms with E-state index in [4.69, 9.17) is 0 Å². The first-order valence-electron chi connectivity index (χ1n) is 8.00. The van der Waals surface area contributed by atoms with Crippen LogP contribution in [0.2, 0.25) is 0 Å². The summed E-state index contributed by atoms with van der Waals surface area (Å²) in [6.45, 7) is 4.47. The standard InChI is InChI=1S/C15H24N4O2S.ClH/c1-13-5-2-3-9-18(13)22(20,21)19-10-8-17-12-15(19)14-6-4-7-16-11-14;/h4,6-7,11,13,15,17H,2-3,5,8-10,12H2,1H3;1H. The summed E-state index contributed by atoms with van der Waals surface area (Å²) in [5.74, 6) is 0. The van der Waals surface area contributed by atoms with Gasteiger partial charge in [0, 0.05) is 44.6 Å². The highest BCUT2D eigenvalue weighted by molar-refractivity contribution is 7.86. The van der Waals surface area contributed by atoms with Crippen LogP contribution in [0.4, 0.5) is 0 Å². The summed E-state index contributed by atoms with van der Waals surface area (Å²) in [4.78, 5) is 4.14. The zero-order chi connectivity index (χ0) is 15.6. The number of hydrogen-bond donors (Lipinski definition) is 1. The van der Waals surface area contributed by atoms with Crippen LogP contribution in [0.25, 0.3) is 0 Å². The minimum atomic E-state index is -3.43. The summed E-state index contributed by atoms with van der Waals surface area (Å²) < 4.78 is 29.6. The lowest BCUT2D eigenvalue weighted by Crippen LogP contribution is -2.55. The van der Waals surface area contributed by atoms with E-state index in [-0.39, 0.29) is 24.5 Å². The first-order valence-corrected chi connectivity index (χ1v) is 9.39. The Morgan fingerprint density at radius 2 is 2.09 bits per heavy atom. The Kier molecular flexibility index (Phi) is 6.39. The molecule has 0 aromatic carbocycles. The highest BCUT2D eigenvalue weighted by atomic mass is 35.5. The quantitative estimate of drug-likeness (QED) is 0.888. The predicted molar refractivity (Wildman–Crippen MR) is 92.7 cm³/mol. The van der Waals surface area contributed by atoms with E-state index in [1.165, 1.54) is 0 Å². The van der Waals surface area contributed by atoms with E-state index in [1.54, 1.807) is 21.0 Å². The Morgan fingerprint density at radius 3 is 2.78 bits per heavy atom. The van der Waals surface area contributed by atoms with Crippen LogP contribution in [0.3, 0.4) is 0 Å². The van der Waals surface area contributed by atoms with Gasteiger partial charge in [0.15, 0.2) is 0 Å². The topological polar surface area (TPSA) is 65.5 Å². The average molecular weight is 361 g/mol. The number of nitrogens with one attached hydrogen (secondary N) is 1. The minimum Gasteiger partial charge on any atom is -0.313 e. The first kappa shape index (κ1) is 18.6. The summed E-state index contributed by atoms with van der Waals surface area (Å²) in [7, 11) is -3.43. The molecular formula is C15H25ClN4O2S. The molecule has 2 atom stereocenters. The van der Waals surface area contributed by atoms with E-state index in [9.17, 15) is 8.42 Å². The van der Waals surface area contributed by atoms with Gasteiger partial charge in [-0.05, 0) is 31.4 Å². The second kappa shape index (κ2) is 7.90. The molecule has 6 nitrogen and oxygen atoms in total. The van der Waals surface area contributed by atoms with Crippen molar-refractivity contribution in [3.63, 3.8) is 0 Å². The number of halogens is 1. The van der Waals surface area contributed by atoms with Crippen LogP contribution >= 0.6 is 12.4 Å². The molecule has 0 spiro atoms. The number of nitrogens with zero attached hydrogens (tertiary/aromatic N) is 3. The second-order valence-corrected chi connectivity index (χ2v) is 7.91. The summed E-state index contributed by atoms with van der Waals surface area (Å²) in [6, 6.07) is 3.72. The molecule has 0 radical (unpaired) electrons. The fourth-order valence-electron chi connectivity index (χ4n) is 3.37. The third-order valence-electron chi connectivity index (χ3n) is 4.60. The van der Waals surface area contributed by atoms with Crippen molar-refractivity contribution < 1.29 is 8.42 Å². The van der Waals surface area contributed by atoms with E-state index >= 15 is 0 Å². The van der Waals surface area contributed by atoms with Crippen LogP contribution < -0.4 is 5.32 Å². The van der Waals surface area contributed by atoms with E-state index in [2.05, 4.69) is 10.3 Å². The highest BCUT2D eigenvalue weighted by Crippen LogP contribution is 2.29. The number of pyridine rings is 1. The van der Waals surface area contributed by atoms with Gasteiger partial charge in [0.25, 0.3) is 10.2 Å². The van der Waals surface area contributed by atoms with Crippen molar-refractivity contribution in [1.82, 2.24) is 18.9 Å². The number of rotatable bonds is 3. The van der Waals surface area contributed by atoms with E-state index in [0.29, 0.717) is 26.2 Å². The molecule has 2 saturated heterocycles. The van der Waals surface area contributed by atoms with Crippen molar-refractivity contribution in [2.24, 2.45) is 0 Å². The fourth-order valence-corrected chi connectivity index (χ4v) is 5.40. The van der Waals surface area contributed by atoms with Gasteiger partial charge in [0.05, 0.1) is 6.04 Å². The molecular weight excluding hydrogens is 336 g/mol. The predicted octanol–water partition coefficient (Wildman–Crippen LogP) is 1.57. The number of piperidine rings is 1. The largest absolute Gasteiger partial charge is 0.313 e. The van der Waals surface area contributed by atoms with Gasteiger partial charge >= 0.3 is 0 Å². The highest BCUT2D eigenvalue weighted by Gasteiger charge is 2.39. The molecule has 3 rings (SSSR count). The zero-order valence-corrected chi connectivity index (χ0v) is 15.0. The maximum absolute atomic E-state index is 13.1. The molecule has 0 amide bonds. The first-order chi connectivity index (χ1) is 10.6. The molecule has 2 aliphatic heterocycles. The van der Waals surface area contributed by atoms with Crippen molar-refractivity contribution in [3.05, 3.63) is 30.1 Å². The van der Waals surface area contributed by atoms with Gasteiger partial charge < -0.3 is 5.32 Å². The van der Waals surface area contributed by atoms with Gasteiger partial charge in [-0.2, -0.15) is 17.0 Å². The molecule has 1 aromatic rings. The lowest BCUT2D eigenvalue weighted by atomic mass is 10.1. The summed E-state index contributed by atoms with van der Waals surface area (Å²) in [5.41, 5.74) is 0.947. The van der Waals surface area contributed by atoms with Crippen molar-refractivity contribution >= 4 is 22.6 Å². The van der Waals surface area contributed by atoms with Crippen molar-refractivity contribution in [3.8, 4) is 0 Å². The van der Waals surface area contributed by atoms with Crippen molar-refractivity contribution in [1.29, 1.82) is 0 Å². The molecule has 2 unspecified atom stereocenters. The van der Waals surface area contributed by atoms with E-state index in [1.807, 2.05) is 19.1 Å². The Morgan fingerprint density at radius 1 is 1.26 bits per heavy atom. The Bertz CT molecular complexity index is 599. The molecule has 2 fully saturated rings. The third kappa shape index (κ3) is 3.85. The smallest absolute Gasteiger partial charge is 0.282 e. The van der Waals surface area contributed by atoms with Crippen LogP contribution in [-0.4, -0.2) is 54.2 Å². The zero-order valence-electron chi connectivity index (χ0n) is 13.4. The molecule has 23 heavy (non-hydrogen) atoms. The third-order valence-corrected chi connectivity index (χ3v) is 6.76. The molecule has 0 bridgehead atoms. The summed E-state index contributed by atoms with van der Waals surface area (Å²) in [5, 5.41) is 3.30. The molecule has 1 N–H and O–H groups in total. The molecule has 1 aromatic heterocycles. The molecule has 0 saturated carbocycles. The van der Waals surface area contributed by atoms with Gasteiger partial charge in [-0.1, -0.05) is 12.5 Å². The Labute approximate surface area is 144 Å². The number of hydrogen-bond acceptors (Lipinski definition) is 4. The molecule has 8 heteroatoms. The monoisotopic (exact) mass is 360 g/mol. The maximum atomic E-state index is 13.1. The van der Waals surface area contributed by atoms with Crippen LogP contribution in [0.1, 0.15) is 37.8 Å². The van der Waals surface area contributed by atoms with E-state index < -0.39 is 10.2 Å². The molecule has 130 valence electrons. The van der Waals surface area contributed by atoms with Crippen molar-refractivity contribution in [2.45, 2.75) is 38.3 Å². The summed E-state index contributed by atoms with van der Waals surface area (Å²) in [6.07, 6.45) is 6.49.